The number of nitrogens with one attached hydrogen (secondary N) is 1. The average molecular weight is 216 g/mol. The minimum absolute atomic E-state index is 0.479. The van der Waals surface area contributed by atoms with Crippen molar-refractivity contribution in [3.63, 3.8) is 0 Å². The fourth-order valence-electron chi connectivity index (χ4n) is 1.83. The molecule has 2 aliphatic rings. The molecule has 0 spiro atoms. The van der Waals surface area contributed by atoms with Gasteiger partial charge in [-0.2, -0.15) is 0 Å². The van der Waals surface area contributed by atoms with Crippen molar-refractivity contribution in [3.8, 4) is 11.3 Å². The van der Waals surface area contributed by atoms with E-state index in [2.05, 4.69) is 24.8 Å². The highest BCUT2D eigenvalue weighted by Crippen LogP contribution is 2.25. The summed E-state index contributed by atoms with van der Waals surface area (Å²) in [5.41, 5.74) is 2.13. The summed E-state index contributed by atoms with van der Waals surface area (Å²) in [6.07, 6.45) is 1.76. The van der Waals surface area contributed by atoms with Crippen LogP contribution in [0.3, 0.4) is 0 Å². The van der Waals surface area contributed by atoms with Crippen molar-refractivity contribution < 1.29 is 4.42 Å². The van der Waals surface area contributed by atoms with Crippen molar-refractivity contribution in [2.24, 2.45) is 0 Å². The number of nitrogens with zero attached hydrogens (tertiary/aromatic N) is 1. The van der Waals surface area contributed by atoms with E-state index in [1.165, 1.54) is 0 Å². The molecule has 0 amide bonds. The highest BCUT2D eigenvalue weighted by atomic mass is 16.3. The van der Waals surface area contributed by atoms with Crippen molar-refractivity contribution in [2.75, 3.05) is 18.0 Å². The molecule has 16 heavy (non-hydrogen) atoms. The predicted molar refractivity (Wildman–Crippen MR) is 64.7 cm³/mol. The lowest BCUT2D eigenvalue weighted by atomic mass is 10.1. The molecule has 0 bridgehead atoms. The predicted octanol–water partition coefficient (Wildman–Crippen LogP) is 2.71. The number of hydrogen-bond acceptors (Lipinski definition) is 3. The zero-order chi connectivity index (χ0) is 11.5. The summed E-state index contributed by atoms with van der Waals surface area (Å²) in [7, 11) is 0. The Hall–Kier alpha value is -1.77. The molecule has 0 aromatic carbocycles. The molecule has 0 fully saturated rings. The van der Waals surface area contributed by atoms with Crippen molar-refractivity contribution >= 4 is 5.69 Å². The third-order valence-corrected chi connectivity index (χ3v) is 2.75. The summed E-state index contributed by atoms with van der Waals surface area (Å²) in [6.45, 7) is 6.18. The van der Waals surface area contributed by atoms with Gasteiger partial charge in [0, 0.05) is 24.7 Å². The van der Waals surface area contributed by atoms with Crippen LogP contribution in [0.15, 0.2) is 34.9 Å². The van der Waals surface area contributed by atoms with Crippen LogP contribution in [0.25, 0.3) is 11.3 Å². The van der Waals surface area contributed by atoms with Gasteiger partial charge in [-0.25, -0.2) is 0 Å². The van der Waals surface area contributed by atoms with Crippen LogP contribution in [0, 0.1) is 5.41 Å². The third-order valence-electron chi connectivity index (χ3n) is 2.75. The van der Waals surface area contributed by atoms with Gasteiger partial charge in [0.15, 0.2) is 0 Å². The number of hydrogen-bond donors (Lipinski definition) is 1. The summed E-state index contributed by atoms with van der Waals surface area (Å²) in [5, 5.41) is 8.00. The second kappa shape index (κ2) is 4.39. The first-order chi connectivity index (χ1) is 7.74. The van der Waals surface area contributed by atoms with E-state index in [0.717, 1.165) is 30.1 Å². The van der Waals surface area contributed by atoms with Crippen LogP contribution in [-0.4, -0.2) is 13.1 Å². The lowest BCUT2D eigenvalue weighted by Crippen LogP contribution is -2.21. The normalized spacial score (nSPS) is 10.6. The minimum Gasteiger partial charge on any atom is -0.462 e. The van der Waals surface area contributed by atoms with Crippen molar-refractivity contribution in [2.45, 2.75) is 13.8 Å². The van der Waals surface area contributed by atoms with E-state index in [9.17, 15) is 0 Å². The molecular weight excluding hydrogens is 200 g/mol. The van der Waals surface area contributed by atoms with Crippen LogP contribution in [0.1, 0.15) is 13.8 Å². The van der Waals surface area contributed by atoms with Crippen molar-refractivity contribution in [1.82, 2.24) is 0 Å². The molecule has 0 saturated carbocycles. The molecule has 0 aromatic rings. The maximum Gasteiger partial charge on any atom is 0.136 e. The number of fused-ring (bicyclic) bond motifs is 1. The standard InChI is InChI=1S/C13H16N2O/c1-3-15(4-2)12-7-10-5-6-11(14)8-13(10)16-9-12/h5-9,14H,3-4H2,1-2H3. The molecule has 1 heterocycles. The van der Waals surface area contributed by atoms with Crippen LogP contribution in [0.2, 0.25) is 0 Å². The number of rotatable bonds is 3. The average Bonchev–Trinajstić information content (AvgIpc) is 2.31. The zero-order valence-corrected chi connectivity index (χ0v) is 9.66. The molecule has 3 heteroatoms. The molecule has 0 unspecified atom stereocenters. The van der Waals surface area contributed by atoms with Gasteiger partial charge in [0.1, 0.15) is 12.0 Å². The fourth-order valence-corrected chi connectivity index (χ4v) is 1.83. The first-order valence-corrected chi connectivity index (χ1v) is 5.56. The quantitative estimate of drug-likeness (QED) is 0.857. The number of anilines is 1. The molecule has 0 aromatic heterocycles. The van der Waals surface area contributed by atoms with E-state index in [-0.39, 0.29) is 0 Å². The van der Waals surface area contributed by atoms with Gasteiger partial charge in [0.25, 0.3) is 0 Å². The molecule has 1 aliphatic heterocycles. The Kier molecular flexibility index (Phi) is 2.95. The largest absolute Gasteiger partial charge is 0.462 e. The van der Waals surface area contributed by atoms with Crippen LogP contribution >= 0.6 is 0 Å². The summed E-state index contributed by atoms with van der Waals surface area (Å²) < 4.78 is 5.55. The van der Waals surface area contributed by atoms with E-state index in [0.29, 0.717) is 5.36 Å². The third kappa shape index (κ3) is 1.94. The van der Waals surface area contributed by atoms with E-state index in [1.807, 2.05) is 6.07 Å². The Labute approximate surface area is 95.2 Å². The van der Waals surface area contributed by atoms with Gasteiger partial charge in [0.2, 0.25) is 0 Å². The molecule has 1 N–H and O–H groups in total. The summed E-state index contributed by atoms with van der Waals surface area (Å²) in [6, 6.07) is 7.55. The monoisotopic (exact) mass is 216 g/mol. The van der Waals surface area contributed by atoms with Gasteiger partial charge in [-0.1, -0.05) is 0 Å². The molecule has 3 nitrogen and oxygen atoms in total. The first kappa shape index (κ1) is 10.7. The summed E-state index contributed by atoms with van der Waals surface area (Å²) in [5.74, 6) is 0.767. The summed E-state index contributed by atoms with van der Waals surface area (Å²) in [4.78, 5) is 2.23. The maximum absolute atomic E-state index is 7.52. The van der Waals surface area contributed by atoms with Crippen LogP contribution in [-0.2, 0) is 0 Å². The molecule has 2 rings (SSSR count). The van der Waals surface area contributed by atoms with E-state index >= 15 is 0 Å². The van der Waals surface area contributed by atoms with Gasteiger partial charge in [0.05, 0.1) is 11.0 Å². The van der Waals surface area contributed by atoms with Crippen LogP contribution < -0.4 is 10.3 Å². The van der Waals surface area contributed by atoms with E-state index in [1.54, 1.807) is 18.4 Å². The van der Waals surface area contributed by atoms with E-state index in [4.69, 9.17) is 9.83 Å². The smallest absolute Gasteiger partial charge is 0.136 e. The van der Waals surface area contributed by atoms with E-state index < -0.39 is 0 Å². The fraction of sp³-hybridized carbons (Fsp3) is 0.308. The molecule has 84 valence electrons. The summed E-state index contributed by atoms with van der Waals surface area (Å²) >= 11 is 0. The maximum atomic E-state index is 7.52. The molecule has 0 atom stereocenters. The van der Waals surface area contributed by atoms with Crippen LogP contribution in [0.5, 0.6) is 0 Å². The second-order valence-electron chi connectivity index (χ2n) is 3.73. The Balaban J connectivity index is 2.49. The molecule has 0 radical (unpaired) electrons. The Morgan fingerprint density at radius 3 is 2.62 bits per heavy atom. The topological polar surface area (TPSA) is 40.2 Å². The molecular formula is C13H16N2O. The lowest BCUT2D eigenvalue weighted by Gasteiger charge is -2.21. The second-order valence-corrected chi connectivity index (χ2v) is 3.73. The van der Waals surface area contributed by atoms with Crippen LogP contribution in [0.4, 0.5) is 5.69 Å². The van der Waals surface area contributed by atoms with Gasteiger partial charge in [-0.3, -0.25) is 0 Å². The SMILES string of the molecule is CCN(CC)c1coc2cc(=N)ccc-2c1. The number of benzene rings is 1. The first-order valence-electron chi connectivity index (χ1n) is 5.56. The van der Waals surface area contributed by atoms with Gasteiger partial charge in [-0.15, -0.1) is 0 Å². The van der Waals surface area contributed by atoms with Gasteiger partial charge < -0.3 is 14.7 Å². The van der Waals surface area contributed by atoms with Crippen molar-refractivity contribution in [1.29, 1.82) is 5.41 Å². The van der Waals surface area contributed by atoms with Gasteiger partial charge >= 0.3 is 0 Å². The lowest BCUT2D eigenvalue weighted by molar-refractivity contribution is 0.562. The Bertz CT molecular complexity index is 500. The zero-order valence-electron chi connectivity index (χ0n) is 9.66. The van der Waals surface area contributed by atoms with Gasteiger partial charge in [-0.05, 0) is 32.0 Å². The Morgan fingerprint density at radius 1 is 1.19 bits per heavy atom. The van der Waals surface area contributed by atoms with Crippen molar-refractivity contribution in [3.05, 3.63) is 35.9 Å². The minimum atomic E-state index is 0.479. The molecule has 0 saturated heterocycles. The molecule has 1 aliphatic carbocycles. The highest BCUT2D eigenvalue weighted by Gasteiger charge is 2.08. The Morgan fingerprint density at radius 2 is 1.94 bits per heavy atom. The highest BCUT2D eigenvalue weighted by molar-refractivity contribution is 5.64.